The molecule has 0 saturated carbocycles. The summed E-state index contributed by atoms with van der Waals surface area (Å²) in [5.74, 6) is 0.527. The van der Waals surface area contributed by atoms with E-state index in [0.29, 0.717) is 16.4 Å². The van der Waals surface area contributed by atoms with E-state index in [-0.39, 0.29) is 5.03 Å². The van der Waals surface area contributed by atoms with E-state index in [9.17, 15) is 13.7 Å². The predicted octanol–water partition coefficient (Wildman–Crippen LogP) is 1.94. The monoisotopic (exact) mass is 308 g/mol. The van der Waals surface area contributed by atoms with E-state index in [1.54, 1.807) is 6.92 Å². The number of H-pyrrole nitrogens is 1. The number of fused-ring (bicyclic) bond motifs is 1. The Morgan fingerprint density at radius 2 is 2.30 bits per heavy atom. The molecule has 2 aromatic rings. The van der Waals surface area contributed by atoms with Crippen molar-refractivity contribution < 1.29 is 8.42 Å². The summed E-state index contributed by atoms with van der Waals surface area (Å²) in [6, 6.07) is 2.11. The van der Waals surface area contributed by atoms with Gasteiger partial charge < -0.3 is 4.98 Å². The summed E-state index contributed by atoms with van der Waals surface area (Å²) >= 11 is 1.35. The van der Waals surface area contributed by atoms with Crippen molar-refractivity contribution in [2.75, 3.05) is 4.72 Å². The van der Waals surface area contributed by atoms with E-state index in [1.807, 2.05) is 0 Å². The van der Waals surface area contributed by atoms with Crippen LogP contribution in [0.5, 0.6) is 0 Å². The number of rotatable bonds is 3. The van der Waals surface area contributed by atoms with E-state index in [0.717, 1.165) is 29.7 Å². The van der Waals surface area contributed by atoms with E-state index >= 15 is 0 Å². The Morgan fingerprint density at radius 3 is 2.95 bits per heavy atom. The number of aromatic amines is 1. The van der Waals surface area contributed by atoms with Crippen molar-refractivity contribution in [3.05, 3.63) is 28.0 Å². The summed E-state index contributed by atoms with van der Waals surface area (Å²) in [7, 11) is -3.72. The lowest BCUT2D eigenvalue weighted by atomic mass is 10.1. The molecule has 1 aliphatic carbocycles. The van der Waals surface area contributed by atoms with Crippen molar-refractivity contribution in [2.45, 2.75) is 31.2 Å². The molecule has 20 heavy (non-hydrogen) atoms. The fraction of sp³-hybridized carbons (Fsp3) is 0.333. The minimum absolute atomic E-state index is 0.00690. The average molecular weight is 308 g/mol. The molecule has 8 heteroatoms. The van der Waals surface area contributed by atoms with Gasteiger partial charge >= 0.3 is 0 Å². The molecule has 0 atom stereocenters. The first kappa shape index (κ1) is 13.1. The van der Waals surface area contributed by atoms with Gasteiger partial charge in [0.25, 0.3) is 10.0 Å². The molecule has 1 aliphatic rings. The van der Waals surface area contributed by atoms with Crippen LogP contribution in [0.1, 0.15) is 28.2 Å². The summed E-state index contributed by atoms with van der Waals surface area (Å²) in [6.07, 6.45) is 4.06. The Bertz CT molecular complexity index is 811. The summed E-state index contributed by atoms with van der Waals surface area (Å²) < 4.78 is 26.9. The number of nitrogens with zero attached hydrogens (tertiary/aromatic N) is 2. The molecule has 0 bridgehead atoms. The van der Waals surface area contributed by atoms with Gasteiger partial charge in [-0.1, -0.05) is 0 Å². The number of nitrogens with one attached hydrogen (secondary N) is 2. The third kappa shape index (κ3) is 2.09. The number of hydrogen-bond donors (Lipinski definition) is 2. The highest BCUT2D eigenvalue weighted by Crippen LogP contribution is 2.39. The van der Waals surface area contributed by atoms with Gasteiger partial charge in [0, 0.05) is 4.88 Å². The van der Waals surface area contributed by atoms with Crippen LogP contribution in [0.25, 0.3) is 0 Å². The largest absolute Gasteiger partial charge is 0.332 e. The zero-order valence-electron chi connectivity index (χ0n) is 10.7. The van der Waals surface area contributed by atoms with E-state index in [2.05, 4.69) is 20.8 Å². The topological polar surface area (TPSA) is 98.6 Å². The van der Waals surface area contributed by atoms with Crippen LogP contribution in [0.2, 0.25) is 0 Å². The van der Waals surface area contributed by atoms with Crippen molar-refractivity contribution in [3.8, 4) is 6.07 Å². The molecular weight excluding hydrogens is 296 g/mol. The number of thiophene rings is 1. The highest BCUT2D eigenvalue weighted by Gasteiger charge is 2.26. The molecule has 0 fully saturated rings. The van der Waals surface area contributed by atoms with Crippen molar-refractivity contribution in [2.24, 2.45) is 0 Å². The number of nitriles is 1. The van der Waals surface area contributed by atoms with Crippen LogP contribution in [0.4, 0.5) is 5.00 Å². The molecule has 0 radical (unpaired) electrons. The van der Waals surface area contributed by atoms with Crippen molar-refractivity contribution in [1.82, 2.24) is 9.97 Å². The van der Waals surface area contributed by atoms with Gasteiger partial charge in [-0.25, -0.2) is 4.98 Å². The number of hydrogen-bond acceptors (Lipinski definition) is 5. The summed E-state index contributed by atoms with van der Waals surface area (Å²) in [5, 5.41) is 9.66. The Labute approximate surface area is 120 Å². The van der Waals surface area contributed by atoms with E-state index in [4.69, 9.17) is 0 Å². The van der Waals surface area contributed by atoms with Crippen LogP contribution >= 0.6 is 11.3 Å². The first-order valence-electron chi connectivity index (χ1n) is 6.10. The van der Waals surface area contributed by atoms with Gasteiger partial charge in [-0.2, -0.15) is 13.7 Å². The van der Waals surface area contributed by atoms with Gasteiger partial charge in [-0.15, -0.1) is 11.3 Å². The van der Waals surface area contributed by atoms with Crippen LogP contribution in [0.15, 0.2) is 11.2 Å². The highest BCUT2D eigenvalue weighted by molar-refractivity contribution is 7.92. The maximum absolute atomic E-state index is 12.2. The first-order valence-corrected chi connectivity index (χ1v) is 8.40. The van der Waals surface area contributed by atoms with Gasteiger partial charge in [-0.05, 0) is 31.7 Å². The molecular formula is C12H12N4O2S2. The Morgan fingerprint density at radius 1 is 1.50 bits per heavy atom. The van der Waals surface area contributed by atoms with Crippen molar-refractivity contribution >= 4 is 26.4 Å². The predicted molar refractivity (Wildman–Crippen MR) is 75.2 cm³/mol. The Hall–Kier alpha value is -1.85. The fourth-order valence-corrected chi connectivity index (χ4v) is 4.82. The molecule has 2 N–H and O–H groups in total. The third-order valence-electron chi connectivity index (χ3n) is 3.23. The van der Waals surface area contributed by atoms with Gasteiger partial charge in [0.1, 0.15) is 16.9 Å². The zero-order chi connectivity index (χ0) is 14.3. The zero-order valence-corrected chi connectivity index (χ0v) is 12.4. The van der Waals surface area contributed by atoms with Crippen molar-refractivity contribution in [3.63, 3.8) is 0 Å². The maximum Gasteiger partial charge on any atom is 0.279 e. The number of aromatic nitrogens is 2. The number of aryl methyl sites for hydroxylation is 2. The number of imidazole rings is 1. The van der Waals surface area contributed by atoms with E-state index < -0.39 is 10.0 Å². The molecule has 0 unspecified atom stereocenters. The van der Waals surface area contributed by atoms with Crippen LogP contribution < -0.4 is 4.72 Å². The minimum atomic E-state index is -3.72. The third-order valence-corrected chi connectivity index (χ3v) is 5.83. The molecule has 104 valence electrons. The summed E-state index contributed by atoms with van der Waals surface area (Å²) in [4.78, 5) is 7.68. The Kier molecular flexibility index (Phi) is 3.03. The second-order valence-electron chi connectivity index (χ2n) is 4.61. The van der Waals surface area contributed by atoms with Crippen molar-refractivity contribution in [1.29, 1.82) is 5.26 Å². The minimum Gasteiger partial charge on any atom is -0.332 e. The quantitative estimate of drug-likeness (QED) is 0.905. The fourth-order valence-electron chi connectivity index (χ4n) is 2.31. The lowest BCUT2D eigenvalue weighted by Gasteiger charge is -2.04. The van der Waals surface area contributed by atoms with Gasteiger partial charge in [0.2, 0.25) is 0 Å². The molecule has 0 aliphatic heterocycles. The lowest BCUT2D eigenvalue weighted by Crippen LogP contribution is -2.13. The smallest absolute Gasteiger partial charge is 0.279 e. The second kappa shape index (κ2) is 4.61. The van der Waals surface area contributed by atoms with Crippen LogP contribution in [0, 0.1) is 18.3 Å². The molecule has 6 nitrogen and oxygen atoms in total. The van der Waals surface area contributed by atoms with Gasteiger partial charge in [0.05, 0.1) is 11.8 Å². The first-order chi connectivity index (χ1) is 9.51. The maximum atomic E-state index is 12.2. The van der Waals surface area contributed by atoms with Crippen LogP contribution in [-0.4, -0.2) is 18.4 Å². The molecule has 0 amide bonds. The van der Waals surface area contributed by atoms with Crippen LogP contribution in [0.3, 0.4) is 0 Å². The molecule has 2 heterocycles. The normalized spacial score (nSPS) is 14.0. The van der Waals surface area contributed by atoms with Gasteiger partial charge in [-0.3, -0.25) is 4.72 Å². The SMILES string of the molecule is Cc1ncc(S(=O)(=O)Nc2sc3c(c2C#N)CCC3)[nH]1. The van der Waals surface area contributed by atoms with E-state index in [1.165, 1.54) is 17.5 Å². The second-order valence-corrected chi connectivity index (χ2v) is 7.37. The van der Waals surface area contributed by atoms with Crippen LogP contribution in [-0.2, 0) is 22.9 Å². The molecule has 2 aromatic heterocycles. The summed E-state index contributed by atoms with van der Waals surface area (Å²) in [6.45, 7) is 1.68. The van der Waals surface area contributed by atoms with Gasteiger partial charge in [0.15, 0.2) is 5.03 Å². The lowest BCUT2D eigenvalue weighted by molar-refractivity contribution is 0.598. The molecule has 0 aromatic carbocycles. The number of sulfonamides is 1. The highest BCUT2D eigenvalue weighted by atomic mass is 32.2. The number of anilines is 1. The molecule has 0 spiro atoms. The molecule has 0 saturated heterocycles. The summed E-state index contributed by atoms with van der Waals surface area (Å²) in [5.41, 5.74) is 1.46. The average Bonchev–Trinajstić information content (AvgIpc) is 3.04. The standard InChI is InChI=1S/C12H12N4O2S2/c1-7-14-6-11(15-7)20(17,18)16-12-9(5-13)8-3-2-4-10(8)19-12/h6,16H,2-4H2,1H3,(H,14,15). The Balaban J connectivity index is 1.98. The molecule has 3 rings (SSSR count).